The summed E-state index contributed by atoms with van der Waals surface area (Å²) in [6.07, 6.45) is 3.81. The molecule has 0 aliphatic carbocycles. The van der Waals surface area contributed by atoms with Crippen LogP contribution in [0.1, 0.15) is 24.9 Å². The van der Waals surface area contributed by atoms with Gasteiger partial charge < -0.3 is 0 Å². The second kappa shape index (κ2) is 3.84. The summed E-state index contributed by atoms with van der Waals surface area (Å²) in [6, 6.07) is 0. The molecule has 1 N–H and O–H groups in total. The van der Waals surface area contributed by atoms with Crippen LogP contribution in [0.25, 0.3) is 11.4 Å². The van der Waals surface area contributed by atoms with Crippen LogP contribution in [0, 0.1) is 6.92 Å². The van der Waals surface area contributed by atoms with Gasteiger partial charge >= 0.3 is 0 Å². The Morgan fingerprint density at radius 2 is 2.27 bits per heavy atom. The topological polar surface area (TPSA) is 59.4 Å². The van der Waals surface area contributed by atoms with E-state index in [9.17, 15) is 0 Å². The first-order valence-corrected chi connectivity index (χ1v) is 5.12. The van der Waals surface area contributed by atoms with Gasteiger partial charge in [-0.2, -0.15) is 10.2 Å². The zero-order valence-corrected chi connectivity index (χ0v) is 9.28. The van der Waals surface area contributed by atoms with Crippen molar-refractivity contribution in [3.63, 3.8) is 0 Å². The number of nitrogens with zero attached hydrogens (tertiary/aromatic N) is 4. The summed E-state index contributed by atoms with van der Waals surface area (Å²) in [5.74, 6) is 1.68. The lowest BCUT2D eigenvalue weighted by Gasteiger charge is -1.94. The first-order chi connectivity index (χ1) is 7.22. The lowest BCUT2D eigenvalue weighted by atomic mass is 10.2. The Kier molecular flexibility index (Phi) is 2.53. The van der Waals surface area contributed by atoms with E-state index in [2.05, 4.69) is 27.2 Å². The minimum absolute atomic E-state index is 0.740. The van der Waals surface area contributed by atoms with E-state index < -0.39 is 0 Å². The summed E-state index contributed by atoms with van der Waals surface area (Å²) >= 11 is 0. The fraction of sp³-hybridized carbons (Fsp3) is 0.500. The molecule has 0 fully saturated rings. The molecule has 0 saturated carbocycles. The fourth-order valence-corrected chi connectivity index (χ4v) is 1.48. The molecule has 5 nitrogen and oxygen atoms in total. The number of hydrogen-bond acceptors (Lipinski definition) is 3. The quantitative estimate of drug-likeness (QED) is 0.825. The maximum Gasteiger partial charge on any atom is 0.184 e. The maximum absolute atomic E-state index is 4.42. The van der Waals surface area contributed by atoms with Gasteiger partial charge in [0.15, 0.2) is 5.82 Å². The van der Waals surface area contributed by atoms with E-state index in [0.717, 1.165) is 35.7 Å². The van der Waals surface area contributed by atoms with Crippen LogP contribution in [0.4, 0.5) is 0 Å². The van der Waals surface area contributed by atoms with Crippen molar-refractivity contribution in [2.24, 2.45) is 7.05 Å². The molecule has 0 bridgehead atoms. The molecule has 0 atom stereocenters. The Morgan fingerprint density at radius 1 is 1.47 bits per heavy atom. The molecule has 0 saturated heterocycles. The lowest BCUT2D eigenvalue weighted by molar-refractivity contribution is 0.740. The Balaban J connectivity index is 2.33. The first kappa shape index (κ1) is 9.89. The molecular formula is C10H15N5. The Hall–Kier alpha value is -1.65. The molecule has 0 radical (unpaired) electrons. The van der Waals surface area contributed by atoms with Crippen LogP contribution < -0.4 is 0 Å². The molecule has 2 aromatic heterocycles. The predicted molar refractivity (Wildman–Crippen MR) is 57.3 cm³/mol. The molecule has 15 heavy (non-hydrogen) atoms. The van der Waals surface area contributed by atoms with E-state index >= 15 is 0 Å². The average molecular weight is 205 g/mol. The van der Waals surface area contributed by atoms with Gasteiger partial charge in [-0.05, 0) is 13.3 Å². The summed E-state index contributed by atoms with van der Waals surface area (Å²) in [5, 5.41) is 11.3. The third-order valence-electron chi connectivity index (χ3n) is 2.49. The van der Waals surface area contributed by atoms with Gasteiger partial charge in [-0.15, -0.1) is 0 Å². The van der Waals surface area contributed by atoms with E-state index in [-0.39, 0.29) is 0 Å². The summed E-state index contributed by atoms with van der Waals surface area (Å²) in [5.41, 5.74) is 2.08. The molecular weight excluding hydrogens is 190 g/mol. The summed E-state index contributed by atoms with van der Waals surface area (Å²) in [4.78, 5) is 4.42. The molecule has 0 unspecified atom stereocenters. The van der Waals surface area contributed by atoms with E-state index in [1.165, 1.54) is 0 Å². The normalized spacial score (nSPS) is 10.9. The zero-order valence-electron chi connectivity index (χ0n) is 9.28. The van der Waals surface area contributed by atoms with Gasteiger partial charge in [-0.1, -0.05) is 6.92 Å². The lowest BCUT2D eigenvalue weighted by Crippen LogP contribution is -1.93. The minimum atomic E-state index is 0.740. The van der Waals surface area contributed by atoms with Gasteiger partial charge in [0.25, 0.3) is 0 Å². The third kappa shape index (κ3) is 1.77. The van der Waals surface area contributed by atoms with Crippen molar-refractivity contribution in [1.82, 2.24) is 25.0 Å². The van der Waals surface area contributed by atoms with Crippen molar-refractivity contribution >= 4 is 0 Å². The number of rotatable bonds is 3. The van der Waals surface area contributed by atoms with E-state index in [0.29, 0.717) is 0 Å². The van der Waals surface area contributed by atoms with E-state index in [1.807, 2.05) is 18.7 Å². The molecule has 2 rings (SSSR count). The highest BCUT2D eigenvalue weighted by Gasteiger charge is 2.11. The molecule has 2 heterocycles. The van der Waals surface area contributed by atoms with Crippen LogP contribution >= 0.6 is 0 Å². The molecule has 0 aliphatic rings. The molecule has 0 spiro atoms. The fourth-order valence-electron chi connectivity index (χ4n) is 1.48. The number of aryl methyl sites for hydroxylation is 2. The summed E-state index contributed by atoms with van der Waals surface area (Å²) in [7, 11) is 1.92. The van der Waals surface area contributed by atoms with Crippen molar-refractivity contribution in [3.8, 4) is 11.4 Å². The van der Waals surface area contributed by atoms with Crippen LogP contribution in [-0.2, 0) is 13.5 Å². The average Bonchev–Trinajstić information content (AvgIpc) is 2.77. The standard InChI is InChI=1S/C10H15N5/c1-4-5-9-12-10(14-13-9)8-6-11-15(3)7(8)2/h6H,4-5H2,1-3H3,(H,12,13,14). The highest BCUT2D eigenvalue weighted by Crippen LogP contribution is 2.18. The zero-order chi connectivity index (χ0) is 10.8. The monoisotopic (exact) mass is 205 g/mol. The van der Waals surface area contributed by atoms with Gasteiger partial charge in [0.05, 0.1) is 11.8 Å². The van der Waals surface area contributed by atoms with Gasteiger partial charge in [0, 0.05) is 19.2 Å². The van der Waals surface area contributed by atoms with Gasteiger partial charge in [-0.25, -0.2) is 4.98 Å². The number of nitrogens with one attached hydrogen (secondary N) is 1. The van der Waals surface area contributed by atoms with Crippen LogP contribution in [0.5, 0.6) is 0 Å². The smallest absolute Gasteiger partial charge is 0.184 e. The summed E-state index contributed by atoms with van der Waals surface area (Å²) in [6.45, 7) is 4.13. The second-order valence-electron chi connectivity index (χ2n) is 3.62. The molecule has 0 aromatic carbocycles. The first-order valence-electron chi connectivity index (χ1n) is 5.12. The molecule has 80 valence electrons. The number of aromatic nitrogens is 5. The van der Waals surface area contributed by atoms with Crippen molar-refractivity contribution < 1.29 is 0 Å². The molecule has 0 amide bonds. The largest absolute Gasteiger partial charge is 0.272 e. The third-order valence-corrected chi connectivity index (χ3v) is 2.49. The number of hydrogen-bond donors (Lipinski definition) is 1. The van der Waals surface area contributed by atoms with Crippen LogP contribution in [0.2, 0.25) is 0 Å². The SMILES string of the molecule is CCCc1nc(-c2cnn(C)c2C)n[nH]1. The van der Waals surface area contributed by atoms with Gasteiger partial charge in [0.1, 0.15) is 5.82 Å². The van der Waals surface area contributed by atoms with Crippen LogP contribution in [-0.4, -0.2) is 25.0 Å². The molecule has 2 aromatic rings. The highest BCUT2D eigenvalue weighted by atomic mass is 15.3. The second-order valence-corrected chi connectivity index (χ2v) is 3.62. The number of aromatic amines is 1. The van der Waals surface area contributed by atoms with Crippen LogP contribution in [0.15, 0.2) is 6.20 Å². The van der Waals surface area contributed by atoms with E-state index in [4.69, 9.17) is 0 Å². The van der Waals surface area contributed by atoms with Gasteiger partial charge in [-0.3, -0.25) is 9.78 Å². The van der Waals surface area contributed by atoms with E-state index in [1.54, 1.807) is 6.20 Å². The highest BCUT2D eigenvalue weighted by molar-refractivity contribution is 5.56. The maximum atomic E-state index is 4.42. The Bertz CT molecular complexity index is 454. The Labute approximate surface area is 88.5 Å². The predicted octanol–water partition coefficient (Wildman–Crippen LogP) is 1.47. The van der Waals surface area contributed by atoms with Crippen molar-refractivity contribution in [1.29, 1.82) is 0 Å². The molecule has 5 heteroatoms. The number of H-pyrrole nitrogens is 1. The van der Waals surface area contributed by atoms with Crippen LogP contribution in [0.3, 0.4) is 0 Å². The van der Waals surface area contributed by atoms with Crippen molar-refractivity contribution in [2.75, 3.05) is 0 Å². The van der Waals surface area contributed by atoms with Crippen molar-refractivity contribution in [3.05, 3.63) is 17.7 Å². The van der Waals surface area contributed by atoms with Crippen molar-refractivity contribution in [2.45, 2.75) is 26.7 Å². The Morgan fingerprint density at radius 3 is 2.87 bits per heavy atom. The van der Waals surface area contributed by atoms with Gasteiger partial charge in [0.2, 0.25) is 0 Å². The molecule has 0 aliphatic heterocycles. The minimum Gasteiger partial charge on any atom is -0.272 e. The summed E-state index contributed by atoms with van der Waals surface area (Å²) < 4.78 is 1.82.